The highest BCUT2D eigenvalue weighted by molar-refractivity contribution is 9.10. The third-order valence-electron chi connectivity index (χ3n) is 3.64. The smallest absolute Gasteiger partial charge is 0.328 e. The van der Waals surface area contributed by atoms with Crippen molar-refractivity contribution in [2.45, 2.75) is 32.7 Å². The summed E-state index contributed by atoms with van der Waals surface area (Å²) in [6.45, 7) is 5.03. The predicted octanol–water partition coefficient (Wildman–Crippen LogP) is 2.63. The van der Waals surface area contributed by atoms with E-state index in [1.165, 1.54) is 12.7 Å². The predicted molar refractivity (Wildman–Crippen MR) is 98.7 cm³/mol. The minimum atomic E-state index is -0.581. The molecular formula is C18H27BrN2O3. The lowest BCUT2D eigenvalue weighted by Crippen LogP contribution is -2.46. The number of likely N-dealkylation sites (N-methyl/N-ethyl adjacent to an activating group) is 1. The maximum Gasteiger partial charge on any atom is 0.328 e. The van der Waals surface area contributed by atoms with Crippen LogP contribution in [0.3, 0.4) is 0 Å². The van der Waals surface area contributed by atoms with Gasteiger partial charge in [0.25, 0.3) is 0 Å². The SMILES string of the molecule is COC(=O)C(CC(C)C)NC(=O)CN(C)CCc1ccc(Br)cc1. The van der Waals surface area contributed by atoms with Gasteiger partial charge in [-0.15, -0.1) is 0 Å². The standard InChI is InChI=1S/C18H27BrN2O3/c1-13(2)11-16(18(23)24-4)20-17(22)12-21(3)10-9-14-5-7-15(19)8-6-14/h5-8,13,16H,9-12H2,1-4H3,(H,20,22). The van der Waals surface area contributed by atoms with Crippen molar-refractivity contribution in [3.8, 4) is 0 Å². The van der Waals surface area contributed by atoms with Gasteiger partial charge in [-0.05, 0) is 43.5 Å². The summed E-state index contributed by atoms with van der Waals surface area (Å²) in [4.78, 5) is 25.9. The van der Waals surface area contributed by atoms with Gasteiger partial charge < -0.3 is 10.1 Å². The van der Waals surface area contributed by atoms with E-state index < -0.39 is 12.0 Å². The first-order chi connectivity index (χ1) is 11.3. The van der Waals surface area contributed by atoms with Gasteiger partial charge in [-0.1, -0.05) is 41.9 Å². The van der Waals surface area contributed by atoms with Gasteiger partial charge in [0, 0.05) is 11.0 Å². The summed E-state index contributed by atoms with van der Waals surface area (Å²) in [5.74, 6) is -0.261. The molecule has 0 aliphatic heterocycles. The van der Waals surface area contributed by atoms with Crippen LogP contribution in [0.2, 0.25) is 0 Å². The number of hydrogen-bond acceptors (Lipinski definition) is 4. The average molecular weight is 399 g/mol. The third kappa shape index (κ3) is 7.93. The maximum atomic E-state index is 12.2. The first-order valence-electron chi connectivity index (χ1n) is 8.12. The first-order valence-corrected chi connectivity index (χ1v) is 8.91. The van der Waals surface area contributed by atoms with Crippen molar-refractivity contribution in [2.75, 3.05) is 27.2 Å². The van der Waals surface area contributed by atoms with E-state index in [2.05, 4.69) is 33.4 Å². The lowest BCUT2D eigenvalue weighted by molar-refractivity contribution is -0.145. The fraction of sp³-hybridized carbons (Fsp3) is 0.556. The van der Waals surface area contributed by atoms with Crippen LogP contribution in [-0.2, 0) is 20.7 Å². The summed E-state index contributed by atoms with van der Waals surface area (Å²) in [6.07, 6.45) is 1.44. The minimum Gasteiger partial charge on any atom is -0.467 e. The van der Waals surface area contributed by atoms with Crippen LogP contribution in [0.25, 0.3) is 0 Å². The van der Waals surface area contributed by atoms with Crippen LogP contribution >= 0.6 is 15.9 Å². The quantitative estimate of drug-likeness (QED) is 0.649. The molecule has 1 aromatic rings. The molecule has 0 radical (unpaired) electrons. The molecule has 0 aliphatic rings. The molecule has 0 fully saturated rings. The Bertz CT molecular complexity index is 532. The summed E-state index contributed by atoms with van der Waals surface area (Å²) in [7, 11) is 3.24. The molecule has 0 saturated heterocycles. The molecule has 0 spiro atoms. The minimum absolute atomic E-state index is 0.163. The molecular weight excluding hydrogens is 372 g/mol. The Hall–Kier alpha value is -1.40. The molecule has 1 amide bonds. The Morgan fingerprint density at radius 3 is 2.42 bits per heavy atom. The second-order valence-electron chi connectivity index (χ2n) is 6.39. The highest BCUT2D eigenvalue weighted by atomic mass is 79.9. The number of amides is 1. The van der Waals surface area contributed by atoms with Gasteiger partial charge in [-0.2, -0.15) is 0 Å². The monoisotopic (exact) mass is 398 g/mol. The van der Waals surface area contributed by atoms with E-state index in [-0.39, 0.29) is 12.5 Å². The van der Waals surface area contributed by atoms with Crippen LogP contribution in [0.15, 0.2) is 28.7 Å². The number of rotatable bonds is 9. The molecule has 1 N–H and O–H groups in total. The molecule has 6 heteroatoms. The van der Waals surface area contributed by atoms with E-state index in [1.54, 1.807) is 0 Å². The van der Waals surface area contributed by atoms with Crippen LogP contribution in [0.1, 0.15) is 25.8 Å². The molecule has 1 unspecified atom stereocenters. The normalized spacial score (nSPS) is 12.3. The largest absolute Gasteiger partial charge is 0.467 e. The van der Waals surface area contributed by atoms with Crippen LogP contribution in [-0.4, -0.2) is 50.1 Å². The van der Waals surface area contributed by atoms with Gasteiger partial charge in [0.05, 0.1) is 13.7 Å². The summed E-state index contributed by atoms with van der Waals surface area (Å²) < 4.78 is 5.82. The summed E-state index contributed by atoms with van der Waals surface area (Å²) in [6, 6.07) is 7.56. The van der Waals surface area contributed by atoms with Crippen molar-refractivity contribution < 1.29 is 14.3 Å². The molecule has 134 valence electrons. The lowest BCUT2D eigenvalue weighted by Gasteiger charge is -2.21. The van der Waals surface area contributed by atoms with E-state index in [4.69, 9.17) is 4.74 Å². The first kappa shape index (κ1) is 20.6. The molecule has 5 nitrogen and oxygen atoms in total. The fourth-order valence-corrected chi connectivity index (χ4v) is 2.63. The summed E-state index contributed by atoms with van der Waals surface area (Å²) in [5.41, 5.74) is 1.22. The van der Waals surface area contributed by atoms with Crippen molar-refractivity contribution >= 4 is 27.8 Å². The zero-order valence-electron chi connectivity index (χ0n) is 14.8. The van der Waals surface area contributed by atoms with Crippen LogP contribution < -0.4 is 5.32 Å². The molecule has 1 atom stereocenters. The molecule has 0 saturated carbocycles. The van der Waals surface area contributed by atoms with E-state index in [9.17, 15) is 9.59 Å². The number of ether oxygens (including phenoxy) is 1. The molecule has 1 aromatic carbocycles. The van der Waals surface area contributed by atoms with Crippen LogP contribution in [0.4, 0.5) is 0 Å². The van der Waals surface area contributed by atoms with Crippen molar-refractivity contribution in [1.29, 1.82) is 0 Å². The maximum absolute atomic E-state index is 12.2. The Kier molecular flexibility index (Phi) is 9.00. The van der Waals surface area contributed by atoms with E-state index in [0.29, 0.717) is 12.3 Å². The Labute approximate surface area is 152 Å². The number of methoxy groups -OCH3 is 1. The van der Waals surface area contributed by atoms with Gasteiger partial charge >= 0.3 is 5.97 Å². The number of nitrogens with zero attached hydrogens (tertiary/aromatic N) is 1. The molecule has 0 heterocycles. The highest BCUT2D eigenvalue weighted by Gasteiger charge is 2.22. The number of hydrogen-bond donors (Lipinski definition) is 1. The molecule has 24 heavy (non-hydrogen) atoms. The number of nitrogens with one attached hydrogen (secondary N) is 1. The fourth-order valence-electron chi connectivity index (χ4n) is 2.36. The van der Waals surface area contributed by atoms with Crippen molar-refractivity contribution in [2.24, 2.45) is 5.92 Å². The van der Waals surface area contributed by atoms with Crippen molar-refractivity contribution in [3.05, 3.63) is 34.3 Å². The number of carbonyl (C=O) groups is 2. The second-order valence-corrected chi connectivity index (χ2v) is 7.30. The zero-order chi connectivity index (χ0) is 18.1. The number of benzene rings is 1. The average Bonchev–Trinajstić information content (AvgIpc) is 2.52. The van der Waals surface area contributed by atoms with E-state index in [0.717, 1.165) is 17.4 Å². The number of halogens is 1. The molecule has 1 rings (SSSR count). The van der Waals surface area contributed by atoms with Crippen LogP contribution in [0.5, 0.6) is 0 Å². The summed E-state index contributed by atoms with van der Waals surface area (Å²) in [5, 5.41) is 2.77. The highest BCUT2D eigenvalue weighted by Crippen LogP contribution is 2.11. The van der Waals surface area contributed by atoms with Gasteiger partial charge in [-0.25, -0.2) is 4.79 Å². The second kappa shape index (κ2) is 10.5. The number of esters is 1. The Morgan fingerprint density at radius 2 is 1.88 bits per heavy atom. The Morgan fingerprint density at radius 1 is 1.25 bits per heavy atom. The lowest BCUT2D eigenvalue weighted by atomic mass is 10.0. The van der Waals surface area contributed by atoms with E-state index in [1.807, 2.05) is 37.9 Å². The topological polar surface area (TPSA) is 58.6 Å². The van der Waals surface area contributed by atoms with Gasteiger partial charge in [0.15, 0.2) is 0 Å². The molecule has 0 aromatic heterocycles. The van der Waals surface area contributed by atoms with Crippen molar-refractivity contribution in [1.82, 2.24) is 10.2 Å². The van der Waals surface area contributed by atoms with E-state index >= 15 is 0 Å². The van der Waals surface area contributed by atoms with Gasteiger partial charge in [0.2, 0.25) is 5.91 Å². The Balaban J connectivity index is 2.43. The van der Waals surface area contributed by atoms with Gasteiger partial charge in [0.1, 0.15) is 6.04 Å². The summed E-state index contributed by atoms with van der Waals surface area (Å²) >= 11 is 3.41. The zero-order valence-corrected chi connectivity index (χ0v) is 16.4. The number of carbonyl (C=O) groups excluding carboxylic acids is 2. The van der Waals surface area contributed by atoms with Gasteiger partial charge in [-0.3, -0.25) is 9.69 Å². The molecule has 0 aliphatic carbocycles. The van der Waals surface area contributed by atoms with Crippen LogP contribution in [0, 0.1) is 5.92 Å². The third-order valence-corrected chi connectivity index (χ3v) is 4.17. The molecule has 0 bridgehead atoms. The van der Waals surface area contributed by atoms with Crippen molar-refractivity contribution in [3.63, 3.8) is 0 Å².